The van der Waals surface area contributed by atoms with E-state index in [2.05, 4.69) is 5.32 Å². The van der Waals surface area contributed by atoms with Gasteiger partial charge in [-0.3, -0.25) is 4.79 Å². The second-order valence-corrected chi connectivity index (χ2v) is 7.86. The molecule has 0 bridgehead atoms. The number of sulfonamides is 1. The van der Waals surface area contributed by atoms with Gasteiger partial charge in [0.2, 0.25) is 10.0 Å². The first-order valence-corrected chi connectivity index (χ1v) is 9.15. The van der Waals surface area contributed by atoms with E-state index in [4.69, 9.17) is 0 Å². The summed E-state index contributed by atoms with van der Waals surface area (Å²) in [7, 11) is 0.636. The number of carbonyl (C=O) groups is 1. The predicted octanol–water partition coefficient (Wildman–Crippen LogP) is 0.906. The fourth-order valence-electron chi connectivity index (χ4n) is 2.56. The van der Waals surface area contributed by atoms with Crippen LogP contribution in [0, 0.1) is 0 Å². The third-order valence-corrected chi connectivity index (χ3v) is 5.08. The SMILES string of the molecule is CN(C)c1cccc(C(=O)N[C@H]2CCCN(S(C)(=O)=O)C2)c1. The Morgan fingerprint density at radius 2 is 2.09 bits per heavy atom. The van der Waals surface area contributed by atoms with E-state index in [1.807, 2.05) is 37.2 Å². The summed E-state index contributed by atoms with van der Waals surface area (Å²) in [6.07, 6.45) is 2.76. The van der Waals surface area contributed by atoms with Gasteiger partial charge in [0.15, 0.2) is 0 Å². The number of anilines is 1. The number of hydrogen-bond acceptors (Lipinski definition) is 4. The molecule has 2 rings (SSSR count). The van der Waals surface area contributed by atoms with E-state index in [1.54, 1.807) is 6.07 Å². The first-order valence-electron chi connectivity index (χ1n) is 7.31. The van der Waals surface area contributed by atoms with Crippen molar-refractivity contribution < 1.29 is 13.2 Å². The lowest BCUT2D eigenvalue weighted by Gasteiger charge is -2.31. The van der Waals surface area contributed by atoms with Crippen LogP contribution >= 0.6 is 0 Å². The van der Waals surface area contributed by atoms with Gasteiger partial charge in [0.25, 0.3) is 5.91 Å². The van der Waals surface area contributed by atoms with Crippen molar-refractivity contribution in [2.75, 3.05) is 38.3 Å². The van der Waals surface area contributed by atoms with Gasteiger partial charge in [-0.2, -0.15) is 0 Å². The van der Waals surface area contributed by atoms with Gasteiger partial charge in [0, 0.05) is 44.5 Å². The van der Waals surface area contributed by atoms with Gasteiger partial charge in [-0.05, 0) is 31.0 Å². The number of benzene rings is 1. The van der Waals surface area contributed by atoms with Gasteiger partial charge < -0.3 is 10.2 Å². The maximum absolute atomic E-state index is 12.3. The summed E-state index contributed by atoms with van der Waals surface area (Å²) in [5, 5.41) is 2.94. The number of nitrogens with one attached hydrogen (secondary N) is 1. The van der Waals surface area contributed by atoms with Crippen molar-refractivity contribution in [2.45, 2.75) is 18.9 Å². The van der Waals surface area contributed by atoms with Crippen molar-refractivity contribution >= 4 is 21.6 Å². The monoisotopic (exact) mass is 325 g/mol. The quantitative estimate of drug-likeness (QED) is 0.893. The standard InChI is InChI=1S/C15H23N3O3S/c1-17(2)14-8-4-6-12(10-14)15(19)16-13-7-5-9-18(11-13)22(3,20)21/h4,6,8,10,13H,5,7,9,11H2,1-3H3,(H,16,19)/t13-/m0/s1. The third kappa shape index (κ3) is 4.20. The molecule has 0 unspecified atom stereocenters. The van der Waals surface area contributed by atoms with Crippen LogP contribution in [0.3, 0.4) is 0 Å². The Morgan fingerprint density at radius 3 is 2.73 bits per heavy atom. The average Bonchev–Trinajstić information content (AvgIpc) is 2.46. The van der Waals surface area contributed by atoms with Crippen molar-refractivity contribution in [3.63, 3.8) is 0 Å². The maximum atomic E-state index is 12.3. The van der Waals surface area contributed by atoms with Gasteiger partial charge >= 0.3 is 0 Å². The highest BCUT2D eigenvalue weighted by Crippen LogP contribution is 2.16. The van der Waals surface area contributed by atoms with Crippen LogP contribution in [-0.2, 0) is 10.0 Å². The lowest BCUT2D eigenvalue weighted by molar-refractivity contribution is 0.0921. The van der Waals surface area contributed by atoms with E-state index >= 15 is 0 Å². The van der Waals surface area contributed by atoms with Crippen molar-refractivity contribution in [3.8, 4) is 0 Å². The Morgan fingerprint density at radius 1 is 1.36 bits per heavy atom. The van der Waals surface area contributed by atoms with Crippen LogP contribution in [0.1, 0.15) is 23.2 Å². The molecule has 1 saturated heterocycles. The molecule has 1 aliphatic rings. The summed E-state index contributed by atoms with van der Waals surface area (Å²) in [5.41, 5.74) is 1.54. The van der Waals surface area contributed by atoms with E-state index < -0.39 is 10.0 Å². The fraction of sp³-hybridized carbons (Fsp3) is 0.533. The van der Waals surface area contributed by atoms with Crippen LogP contribution < -0.4 is 10.2 Å². The Bertz CT molecular complexity index is 643. The topological polar surface area (TPSA) is 69.7 Å². The van der Waals surface area contributed by atoms with Gasteiger partial charge in [-0.15, -0.1) is 0 Å². The maximum Gasteiger partial charge on any atom is 0.251 e. The number of piperidine rings is 1. The normalized spacial score (nSPS) is 19.7. The van der Waals surface area contributed by atoms with E-state index in [-0.39, 0.29) is 11.9 Å². The molecule has 1 fully saturated rings. The van der Waals surface area contributed by atoms with E-state index in [9.17, 15) is 13.2 Å². The molecule has 7 heteroatoms. The molecule has 22 heavy (non-hydrogen) atoms. The molecule has 0 aliphatic carbocycles. The summed E-state index contributed by atoms with van der Waals surface area (Å²) in [6.45, 7) is 0.874. The lowest BCUT2D eigenvalue weighted by atomic mass is 10.1. The molecule has 1 amide bonds. The van der Waals surface area contributed by atoms with Gasteiger partial charge in [-0.1, -0.05) is 6.07 Å². The molecule has 1 heterocycles. The zero-order valence-corrected chi connectivity index (χ0v) is 14.1. The highest BCUT2D eigenvalue weighted by molar-refractivity contribution is 7.88. The second kappa shape index (κ2) is 6.66. The molecule has 0 spiro atoms. The van der Waals surface area contributed by atoms with Gasteiger partial charge in [0.1, 0.15) is 0 Å². The van der Waals surface area contributed by atoms with Crippen molar-refractivity contribution in [2.24, 2.45) is 0 Å². The molecular weight excluding hydrogens is 302 g/mol. The summed E-state index contributed by atoms with van der Waals surface area (Å²) < 4.78 is 24.7. The molecule has 1 N–H and O–H groups in total. The molecule has 1 aromatic rings. The molecule has 122 valence electrons. The lowest BCUT2D eigenvalue weighted by Crippen LogP contribution is -2.49. The number of carbonyl (C=O) groups excluding carboxylic acids is 1. The molecule has 1 aromatic carbocycles. The van der Waals surface area contributed by atoms with Crippen LogP contribution in [0.4, 0.5) is 5.69 Å². The predicted molar refractivity (Wildman–Crippen MR) is 87.7 cm³/mol. The minimum absolute atomic E-state index is 0.140. The number of hydrogen-bond donors (Lipinski definition) is 1. The molecule has 6 nitrogen and oxygen atoms in total. The van der Waals surface area contributed by atoms with Crippen molar-refractivity contribution in [1.82, 2.24) is 9.62 Å². The van der Waals surface area contributed by atoms with Crippen LogP contribution in [0.5, 0.6) is 0 Å². The smallest absolute Gasteiger partial charge is 0.251 e. The first-order chi connectivity index (χ1) is 10.3. The Balaban J connectivity index is 2.04. The highest BCUT2D eigenvalue weighted by atomic mass is 32.2. The number of rotatable bonds is 4. The summed E-state index contributed by atoms with van der Waals surface area (Å²) in [6, 6.07) is 7.22. The van der Waals surface area contributed by atoms with Crippen molar-refractivity contribution in [1.29, 1.82) is 0 Å². The summed E-state index contributed by atoms with van der Waals surface area (Å²) >= 11 is 0. The van der Waals surface area contributed by atoms with Crippen LogP contribution in [-0.4, -0.2) is 58.1 Å². The molecule has 0 aromatic heterocycles. The van der Waals surface area contributed by atoms with Crippen LogP contribution in [0.2, 0.25) is 0 Å². The summed E-state index contributed by atoms with van der Waals surface area (Å²) in [4.78, 5) is 14.3. The fourth-order valence-corrected chi connectivity index (χ4v) is 3.47. The second-order valence-electron chi connectivity index (χ2n) is 5.88. The largest absolute Gasteiger partial charge is 0.378 e. The minimum atomic E-state index is -3.20. The minimum Gasteiger partial charge on any atom is -0.378 e. The number of nitrogens with zero attached hydrogens (tertiary/aromatic N) is 2. The molecule has 0 radical (unpaired) electrons. The first kappa shape index (κ1) is 16.8. The Hall–Kier alpha value is -1.60. The van der Waals surface area contributed by atoms with Gasteiger partial charge in [-0.25, -0.2) is 12.7 Å². The highest BCUT2D eigenvalue weighted by Gasteiger charge is 2.27. The zero-order valence-electron chi connectivity index (χ0n) is 13.2. The molecular formula is C15H23N3O3S. The average molecular weight is 325 g/mol. The molecule has 0 saturated carbocycles. The van der Waals surface area contributed by atoms with E-state index in [0.29, 0.717) is 18.7 Å². The zero-order chi connectivity index (χ0) is 16.3. The molecule has 1 atom stereocenters. The van der Waals surface area contributed by atoms with Crippen molar-refractivity contribution in [3.05, 3.63) is 29.8 Å². The van der Waals surface area contributed by atoms with Crippen LogP contribution in [0.25, 0.3) is 0 Å². The Kier molecular flexibility index (Phi) is 5.08. The van der Waals surface area contributed by atoms with Gasteiger partial charge in [0.05, 0.1) is 6.26 Å². The molecule has 1 aliphatic heterocycles. The third-order valence-electron chi connectivity index (χ3n) is 3.81. The summed E-state index contributed by atoms with van der Waals surface area (Å²) in [5.74, 6) is -0.163. The Labute approximate surface area is 132 Å². The van der Waals surface area contributed by atoms with Crippen LogP contribution in [0.15, 0.2) is 24.3 Å². The van der Waals surface area contributed by atoms with E-state index in [1.165, 1.54) is 10.6 Å². The van der Waals surface area contributed by atoms with E-state index in [0.717, 1.165) is 18.5 Å². The number of amides is 1.